The number of amides is 1. The minimum Gasteiger partial charge on any atom is -0.494 e. The molecule has 1 atom stereocenters. The zero-order valence-electron chi connectivity index (χ0n) is 10.9. The quantitative estimate of drug-likeness (QED) is 0.690. The van der Waals surface area contributed by atoms with Crippen LogP contribution in [-0.4, -0.2) is 25.1 Å². The first-order chi connectivity index (χ1) is 8.76. The van der Waals surface area contributed by atoms with Crippen LogP contribution in [0.15, 0.2) is 30.3 Å². The Hall–Kier alpha value is -1.55. The van der Waals surface area contributed by atoms with Crippen molar-refractivity contribution in [2.24, 2.45) is 5.73 Å². The van der Waals surface area contributed by atoms with Gasteiger partial charge in [0.25, 0.3) is 0 Å². The Morgan fingerprint density at radius 3 is 2.72 bits per heavy atom. The lowest BCUT2D eigenvalue weighted by molar-refractivity contribution is -0.122. The maximum atomic E-state index is 11.6. The highest BCUT2D eigenvalue weighted by Crippen LogP contribution is 2.08. The summed E-state index contributed by atoms with van der Waals surface area (Å²) < 4.78 is 5.51. The predicted octanol–water partition coefficient (Wildman–Crippen LogP) is 1.70. The average Bonchev–Trinajstić information content (AvgIpc) is 2.42. The highest BCUT2D eigenvalue weighted by molar-refractivity contribution is 5.76. The number of hydrogen-bond donors (Lipinski definition) is 2. The Morgan fingerprint density at radius 2 is 2.11 bits per heavy atom. The van der Waals surface area contributed by atoms with Crippen molar-refractivity contribution in [3.05, 3.63) is 30.3 Å². The van der Waals surface area contributed by atoms with E-state index in [1.165, 1.54) is 0 Å². The molecule has 0 aliphatic heterocycles. The van der Waals surface area contributed by atoms with Crippen molar-refractivity contribution < 1.29 is 9.53 Å². The molecule has 4 nitrogen and oxygen atoms in total. The van der Waals surface area contributed by atoms with Gasteiger partial charge in [-0.1, -0.05) is 25.1 Å². The number of hydrogen-bond acceptors (Lipinski definition) is 3. The average molecular weight is 250 g/mol. The number of carbonyl (C=O) groups is 1. The Morgan fingerprint density at radius 1 is 1.39 bits per heavy atom. The van der Waals surface area contributed by atoms with Crippen LogP contribution in [0.1, 0.15) is 26.2 Å². The van der Waals surface area contributed by atoms with Gasteiger partial charge in [0.15, 0.2) is 0 Å². The lowest BCUT2D eigenvalue weighted by Crippen LogP contribution is -2.39. The largest absolute Gasteiger partial charge is 0.494 e. The van der Waals surface area contributed by atoms with E-state index in [-0.39, 0.29) is 11.9 Å². The first-order valence-corrected chi connectivity index (χ1v) is 6.43. The zero-order valence-corrected chi connectivity index (χ0v) is 10.9. The van der Waals surface area contributed by atoms with Gasteiger partial charge < -0.3 is 15.8 Å². The van der Waals surface area contributed by atoms with Crippen molar-refractivity contribution in [2.45, 2.75) is 32.2 Å². The molecule has 1 amide bonds. The Kier molecular flexibility index (Phi) is 6.87. The summed E-state index contributed by atoms with van der Waals surface area (Å²) in [6.45, 7) is 3.05. The van der Waals surface area contributed by atoms with Gasteiger partial charge in [0.1, 0.15) is 5.75 Å². The van der Waals surface area contributed by atoms with E-state index in [0.29, 0.717) is 26.0 Å². The van der Waals surface area contributed by atoms with E-state index in [0.717, 1.165) is 12.2 Å². The first-order valence-electron chi connectivity index (χ1n) is 6.43. The normalized spacial score (nSPS) is 11.9. The summed E-state index contributed by atoms with van der Waals surface area (Å²) in [4.78, 5) is 11.6. The van der Waals surface area contributed by atoms with Crippen LogP contribution in [0.4, 0.5) is 0 Å². The highest BCUT2D eigenvalue weighted by Gasteiger charge is 2.07. The molecule has 0 bridgehead atoms. The molecule has 1 aromatic rings. The third-order valence-corrected chi connectivity index (χ3v) is 2.70. The molecule has 0 fully saturated rings. The van der Waals surface area contributed by atoms with Gasteiger partial charge in [-0.15, -0.1) is 0 Å². The van der Waals surface area contributed by atoms with E-state index in [4.69, 9.17) is 10.5 Å². The molecule has 4 heteroatoms. The molecule has 3 N–H and O–H groups in total. The van der Waals surface area contributed by atoms with E-state index in [1.54, 1.807) is 0 Å². The molecule has 0 saturated heterocycles. The van der Waals surface area contributed by atoms with Gasteiger partial charge in [0.05, 0.1) is 6.61 Å². The van der Waals surface area contributed by atoms with Crippen LogP contribution in [-0.2, 0) is 4.79 Å². The molecule has 18 heavy (non-hydrogen) atoms. The Balaban J connectivity index is 2.12. The number of nitrogens with one attached hydrogen (secondary N) is 1. The summed E-state index contributed by atoms with van der Waals surface area (Å²) in [5, 5.41) is 2.90. The van der Waals surface area contributed by atoms with Gasteiger partial charge in [-0.3, -0.25) is 4.79 Å². The number of benzene rings is 1. The van der Waals surface area contributed by atoms with Gasteiger partial charge in [0, 0.05) is 19.0 Å². The van der Waals surface area contributed by atoms with Gasteiger partial charge in [-0.25, -0.2) is 0 Å². The van der Waals surface area contributed by atoms with Crippen molar-refractivity contribution in [1.82, 2.24) is 5.32 Å². The van der Waals surface area contributed by atoms with Crippen molar-refractivity contribution >= 4 is 5.91 Å². The van der Waals surface area contributed by atoms with E-state index < -0.39 is 0 Å². The van der Waals surface area contributed by atoms with Crippen molar-refractivity contribution in [3.8, 4) is 5.75 Å². The predicted molar refractivity (Wildman–Crippen MR) is 72.4 cm³/mol. The van der Waals surface area contributed by atoms with Crippen LogP contribution in [0.2, 0.25) is 0 Å². The molecule has 1 rings (SSSR count). The molecular weight excluding hydrogens is 228 g/mol. The lowest BCUT2D eigenvalue weighted by atomic mass is 10.2. The molecule has 0 heterocycles. The maximum Gasteiger partial charge on any atom is 0.220 e. The topological polar surface area (TPSA) is 64.3 Å². The third kappa shape index (κ3) is 5.68. The summed E-state index contributed by atoms with van der Waals surface area (Å²) in [5.41, 5.74) is 5.52. The fourth-order valence-electron chi connectivity index (χ4n) is 1.57. The smallest absolute Gasteiger partial charge is 0.220 e. The molecule has 0 aliphatic carbocycles. The second kappa shape index (κ2) is 8.53. The summed E-state index contributed by atoms with van der Waals surface area (Å²) in [6, 6.07) is 9.69. The van der Waals surface area contributed by atoms with Crippen LogP contribution in [0.5, 0.6) is 5.75 Å². The third-order valence-electron chi connectivity index (χ3n) is 2.70. The van der Waals surface area contributed by atoms with Crippen LogP contribution < -0.4 is 15.8 Å². The summed E-state index contributed by atoms with van der Waals surface area (Å²) in [5.74, 6) is 0.885. The first kappa shape index (κ1) is 14.5. The summed E-state index contributed by atoms with van der Waals surface area (Å²) in [6.07, 6.45) is 2.05. The van der Waals surface area contributed by atoms with Crippen LogP contribution in [0.25, 0.3) is 0 Å². The maximum absolute atomic E-state index is 11.6. The monoisotopic (exact) mass is 250 g/mol. The molecule has 1 aromatic carbocycles. The molecule has 0 radical (unpaired) electrons. The van der Waals surface area contributed by atoms with Gasteiger partial charge in [0.2, 0.25) is 5.91 Å². The fourth-order valence-corrected chi connectivity index (χ4v) is 1.57. The molecule has 0 aromatic heterocycles. The molecule has 0 aliphatic rings. The number of carbonyl (C=O) groups excluding carboxylic acids is 1. The van der Waals surface area contributed by atoms with E-state index in [1.807, 2.05) is 37.3 Å². The van der Waals surface area contributed by atoms with Gasteiger partial charge in [-0.2, -0.15) is 0 Å². The Labute approximate surface area is 109 Å². The van der Waals surface area contributed by atoms with Crippen molar-refractivity contribution in [3.63, 3.8) is 0 Å². The second-order valence-corrected chi connectivity index (χ2v) is 4.17. The molecule has 0 spiro atoms. The molecule has 100 valence electrons. The van der Waals surface area contributed by atoms with Gasteiger partial charge >= 0.3 is 0 Å². The Bertz CT molecular complexity index is 337. The number of rotatable bonds is 8. The van der Waals surface area contributed by atoms with Crippen LogP contribution in [0.3, 0.4) is 0 Å². The van der Waals surface area contributed by atoms with E-state index in [9.17, 15) is 4.79 Å². The molecular formula is C14H22N2O2. The lowest BCUT2D eigenvalue weighted by Gasteiger charge is -2.14. The standard InChI is InChI=1S/C14H22N2O2/c1-2-12(11-15)16-14(17)9-6-10-18-13-7-4-3-5-8-13/h3-5,7-8,12H,2,6,9-11,15H2,1H3,(H,16,17). The summed E-state index contributed by atoms with van der Waals surface area (Å²) in [7, 11) is 0. The molecule has 0 saturated carbocycles. The van der Waals surface area contributed by atoms with E-state index in [2.05, 4.69) is 5.32 Å². The second-order valence-electron chi connectivity index (χ2n) is 4.17. The zero-order chi connectivity index (χ0) is 13.2. The number of ether oxygens (including phenoxy) is 1. The number of para-hydroxylation sites is 1. The fraction of sp³-hybridized carbons (Fsp3) is 0.500. The summed E-state index contributed by atoms with van der Waals surface area (Å²) >= 11 is 0. The van der Waals surface area contributed by atoms with Gasteiger partial charge in [-0.05, 0) is 25.0 Å². The van der Waals surface area contributed by atoms with E-state index >= 15 is 0 Å². The highest BCUT2D eigenvalue weighted by atomic mass is 16.5. The van der Waals surface area contributed by atoms with Crippen LogP contribution in [0, 0.1) is 0 Å². The SMILES string of the molecule is CCC(CN)NC(=O)CCCOc1ccccc1. The number of nitrogens with two attached hydrogens (primary N) is 1. The van der Waals surface area contributed by atoms with Crippen molar-refractivity contribution in [2.75, 3.05) is 13.2 Å². The van der Waals surface area contributed by atoms with Crippen LogP contribution >= 0.6 is 0 Å². The minimum atomic E-state index is 0.0453. The molecule has 1 unspecified atom stereocenters. The van der Waals surface area contributed by atoms with Crippen molar-refractivity contribution in [1.29, 1.82) is 0 Å². The minimum absolute atomic E-state index is 0.0453.